The van der Waals surface area contributed by atoms with Crippen molar-refractivity contribution < 1.29 is 31.1 Å². The number of ether oxygens (including phenoxy) is 1. The highest BCUT2D eigenvalue weighted by atomic mass is 35.5. The Kier molecular flexibility index (Phi) is 6.20. The fraction of sp³-hybridized carbons (Fsp3) is 0.136. The Morgan fingerprint density at radius 2 is 1.91 bits per heavy atom. The Hall–Kier alpha value is -3.64. The third-order valence-electron chi connectivity index (χ3n) is 5.13. The number of nitrogens with one attached hydrogen (secondary N) is 1. The summed E-state index contributed by atoms with van der Waals surface area (Å²) in [4.78, 5) is 21.1. The fourth-order valence-corrected chi connectivity index (χ4v) is 4.78. The van der Waals surface area contributed by atoms with Crippen LogP contribution in [-0.2, 0) is 23.2 Å². The second-order valence-electron chi connectivity index (χ2n) is 7.34. The second-order valence-corrected chi connectivity index (χ2v) is 9.43. The number of carbonyl (C=O) groups excluding carboxylic acids is 1. The predicted octanol–water partition coefficient (Wildman–Crippen LogP) is 4.68. The Bertz CT molecular complexity index is 1570. The number of alkyl halides is 3. The zero-order chi connectivity index (χ0) is 25.5. The van der Waals surface area contributed by atoms with Gasteiger partial charge in [-0.15, -0.1) is 0 Å². The third kappa shape index (κ3) is 4.54. The van der Waals surface area contributed by atoms with E-state index in [1.165, 1.54) is 31.6 Å². The molecule has 0 amide bonds. The lowest BCUT2D eigenvalue weighted by atomic mass is 10.0. The molecule has 0 aliphatic carbocycles. The van der Waals surface area contributed by atoms with Crippen LogP contribution in [0.3, 0.4) is 0 Å². The minimum Gasteiger partial charge on any atom is -0.494 e. The van der Waals surface area contributed by atoms with Gasteiger partial charge in [-0.05, 0) is 36.4 Å². The average Bonchev–Trinajstić information content (AvgIpc) is 3.18. The topological polar surface area (TPSA) is 103 Å². The minimum atomic E-state index is -4.86. The highest BCUT2D eigenvalue weighted by Crippen LogP contribution is 2.36. The number of aromatic nitrogens is 3. The van der Waals surface area contributed by atoms with Gasteiger partial charge < -0.3 is 9.30 Å². The Labute approximate surface area is 202 Å². The lowest BCUT2D eigenvalue weighted by molar-refractivity contribution is -0.137. The summed E-state index contributed by atoms with van der Waals surface area (Å²) in [7, 11) is -1.47. The molecule has 8 nitrogen and oxygen atoms in total. The number of nitrogens with zero attached hydrogens (tertiary/aromatic N) is 3. The van der Waals surface area contributed by atoms with E-state index in [1.807, 2.05) is 0 Å². The number of carbonyl (C=O) groups is 1. The summed E-state index contributed by atoms with van der Waals surface area (Å²) < 4.78 is 74.7. The van der Waals surface area contributed by atoms with Crippen molar-refractivity contribution in [3.63, 3.8) is 0 Å². The number of hydrogen-bond donors (Lipinski definition) is 1. The summed E-state index contributed by atoms with van der Waals surface area (Å²) in [6.45, 7) is 0. The van der Waals surface area contributed by atoms with Gasteiger partial charge in [-0.25, -0.2) is 13.4 Å². The molecule has 0 aliphatic rings. The van der Waals surface area contributed by atoms with Crippen LogP contribution in [-0.4, -0.2) is 35.8 Å². The number of anilines is 1. The number of fused-ring (bicyclic) bond motifs is 1. The van der Waals surface area contributed by atoms with Crippen LogP contribution in [0.1, 0.15) is 21.6 Å². The molecule has 0 unspecified atom stereocenters. The molecule has 0 aliphatic heterocycles. The van der Waals surface area contributed by atoms with Gasteiger partial charge in [-0.2, -0.15) is 13.2 Å². The second kappa shape index (κ2) is 8.86. The van der Waals surface area contributed by atoms with Crippen LogP contribution in [0.4, 0.5) is 18.9 Å². The summed E-state index contributed by atoms with van der Waals surface area (Å²) in [6.07, 6.45) is -0.536. The molecule has 0 radical (unpaired) electrons. The van der Waals surface area contributed by atoms with E-state index in [2.05, 4.69) is 14.7 Å². The average molecular weight is 525 g/mol. The number of benzene rings is 1. The standard InChI is InChI=1S/C22H16ClF3N4O4S/c1-30-9-7-13-18(17(34-2)11-28-21(13)30)20(31)19-16(4-3-8-27-19)29-35(32,33)12-5-6-15(23)14(10-12)22(24,25)26/h3-11,29H,1-2H3. The van der Waals surface area contributed by atoms with Gasteiger partial charge in [0.15, 0.2) is 0 Å². The zero-order valence-corrected chi connectivity index (χ0v) is 19.7. The molecular formula is C22H16ClF3N4O4S. The predicted molar refractivity (Wildman–Crippen MR) is 122 cm³/mol. The molecule has 182 valence electrons. The highest BCUT2D eigenvalue weighted by molar-refractivity contribution is 7.92. The van der Waals surface area contributed by atoms with Crippen molar-refractivity contribution in [1.82, 2.24) is 14.5 Å². The first kappa shape index (κ1) is 24.5. The monoisotopic (exact) mass is 524 g/mol. The summed E-state index contributed by atoms with van der Waals surface area (Å²) in [5, 5.41) is -0.200. The Morgan fingerprint density at radius 1 is 1.17 bits per heavy atom. The molecule has 0 fully saturated rings. The molecule has 4 aromatic rings. The van der Waals surface area contributed by atoms with Crippen LogP contribution in [0.15, 0.2) is 59.9 Å². The van der Waals surface area contributed by atoms with E-state index in [0.717, 1.165) is 12.1 Å². The van der Waals surface area contributed by atoms with Crippen molar-refractivity contribution in [2.75, 3.05) is 11.8 Å². The summed E-state index contributed by atoms with van der Waals surface area (Å²) in [5.41, 5.74) is -1.24. The molecule has 1 aromatic carbocycles. The first-order chi connectivity index (χ1) is 16.4. The van der Waals surface area contributed by atoms with Gasteiger partial charge in [0, 0.05) is 24.8 Å². The summed E-state index contributed by atoms with van der Waals surface area (Å²) >= 11 is 5.60. The molecule has 0 spiro atoms. The molecular weight excluding hydrogens is 509 g/mol. The van der Waals surface area contributed by atoms with Crippen molar-refractivity contribution in [2.45, 2.75) is 11.1 Å². The third-order valence-corrected chi connectivity index (χ3v) is 6.82. The Balaban J connectivity index is 1.79. The van der Waals surface area contributed by atoms with Crippen molar-refractivity contribution in [1.29, 1.82) is 0 Å². The SMILES string of the molecule is COc1cnc2c(ccn2C)c1C(=O)c1ncccc1NS(=O)(=O)c1ccc(Cl)c(C(F)(F)F)c1. The van der Waals surface area contributed by atoms with Crippen LogP contribution in [0.2, 0.25) is 5.02 Å². The molecule has 3 aromatic heterocycles. The van der Waals surface area contributed by atoms with Gasteiger partial charge in [-0.3, -0.25) is 14.5 Å². The van der Waals surface area contributed by atoms with Gasteiger partial charge in [-0.1, -0.05) is 11.6 Å². The molecule has 0 saturated heterocycles. The lowest BCUT2D eigenvalue weighted by Crippen LogP contribution is -2.18. The number of methoxy groups -OCH3 is 1. The number of sulfonamides is 1. The first-order valence-electron chi connectivity index (χ1n) is 9.81. The van der Waals surface area contributed by atoms with Crippen LogP contribution >= 0.6 is 11.6 Å². The Morgan fingerprint density at radius 3 is 2.60 bits per heavy atom. The normalized spacial score (nSPS) is 12.1. The zero-order valence-electron chi connectivity index (χ0n) is 18.1. The molecule has 0 atom stereocenters. The molecule has 3 heterocycles. The fourth-order valence-electron chi connectivity index (χ4n) is 3.46. The van der Waals surface area contributed by atoms with Gasteiger partial charge >= 0.3 is 6.18 Å². The first-order valence-corrected chi connectivity index (χ1v) is 11.7. The van der Waals surface area contributed by atoms with Gasteiger partial charge in [0.05, 0.1) is 40.0 Å². The van der Waals surface area contributed by atoms with E-state index in [1.54, 1.807) is 23.9 Å². The molecule has 0 saturated carbocycles. The number of halogens is 4. The van der Waals surface area contributed by atoms with Gasteiger partial charge in [0.2, 0.25) is 5.78 Å². The van der Waals surface area contributed by atoms with Crippen LogP contribution in [0.5, 0.6) is 5.75 Å². The van der Waals surface area contributed by atoms with E-state index in [-0.39, 0.29) is 22.7 Å². The van der Waals surface area contributed by atoms with Crippen LogP contribution in [0, 0.1) is 0 Å². The van der Waals surface area contributed by atoms with Crippen LogP contribution < -0.4 is 9.46 Å². The maximum absolute atomic E-state index is 13.5. The lowest BCUT2D eigenvalue weighted by Gasteiger charge is -2.15. The van der Waals surface area contributed by atoms with Crippen molar-refractivity contribution >= 4 is 44.1 Å². The van der Waals surface area contributed by atoms with E-state index < -0.39 is 37.5 Å². The molecule has 0 bridgehead atoms. The number of pyridine rings is 2. The molecule has 1 N–H and O–H groups in total. The number of rotatable bonds is 6. The number of hydrogen-bond acceptors (Lipinski definition) is 6. The van der Waals surface area contributed by atoms with Gasteiger partial charge in [0.1, 0.15) is 17.1 Å². The van der Waals surface area contributed by atoms with E-state index in [9.17, 15) is 26.4 Å². The van der Waals surface area contributed by atoms with Crippen molar-refractivity contribution in [2.24, 2.45) is 7.05 Å². The minimum absolute atomic E-state index is 0.100. The van der Waals surface area contributed by atoms with E-state index in [0.29, 0.717) is 17.1 Å². The van der Waals surface area contributed by atoms with Gasteiger partial charge in [0.25, 0.3) is 10.0 Å². The van der Waals surface area contributed by atoms with E-state index >= 15 is 0 Å². The molecule has 13 heteroatoms. The smallest absolute Gasteiger partial charge is 0.417 e. The number of ketones is 1. The van der Waals surface area contributed by atoms with E-state index in [4.69, 9.17) is 16.3 Å². The van der Waals surface area contributed by atoms with Crippen molar-refractivity contribution in [3.8, 4) is 5.75 Å². The summed E-state index contributed by atoms with van der Waals surface area (Å²) in [6, 6.07) is 6.48. The highest BCUT2D eigenvalue weighted by Gasteiger charge is 2.35. The summed E-state index contributed by atoms with van der Waals surface area (Å²) in [5.74, 6) is -0.536. The largest absolute Gasteiger partial charge is 0.494 e. The quantitative estimate of drug-likeness (QED) is 0.367. The van der Waals surface area contributed by atoms with Crippen molar-refractivity contribution in [3.05, 3.63) is 76.8 Å². The maximum atomic E-state index is 13.5. The number of aryl methyl sites for hydroxylation is 1. The maximum Gasteiger partial charge on any atom is 0.417 e. The molecule has 4 rings (SSSR count). The van der Waals surface area contributed by atoms with Crippen LogP contribution in [0.25, 0.3) is 11.0 Å². The molecule has 35 heavy (non-hydrogen) atoms.